The summed E-state index contributed by atoms with van der Waals surface area (Å²) >= 11 is 5.94. The van der Waals surface area contributed by atoms with Crippen molar-refractivity contribution in [1.82, 2.24) is 5.43 Å². The summed E-state index contributed by atoms with van der Waals surface area (Å²) in [5.41, 5.74) is 4.79. The molecular formula is C15H16ClFN2O. The Bertz CT molecular complexity index is 619. The highest BCUT2D eigenvalue weighted by Crippen LogP contribution is 2.32. The van der Waals surface area contributed by atoms with Crippen LogP contribution < -0.4 is 16.0 Å². The molecule has 0 aliphatic carbocycles. The summed E-state index contributed by atoms with van der Waals surface area (Å²) in [5, 5.41) is 0.566. The summed E-state index contributed by atoms with van der Waals surface area (Å²) in [6.45, 7) is 1.72. The Morgan fingerprint density at radius 2 is 2.00 bits per heavy atom. The van der Waals surface area contributed by atoms with E-state index in [4.69, 9.17) is 22.2 Å². The molecule has 0 aliphatic rings. The van der Waals surface area contributed by atoms with Gasteiger partial charge in [0.05, 0.1) is 13.2 Å². The van der Waals surface area contributed by atoms with Crippen LogP contribution in [0.4, 0.5) is 4.39 Å². The van der Waals surface area contributed by atoms with Gasteiger partial charge in [-0.25, -0.2) is 9.82 Å². The molecule has 2 aromatic rings. The van der Waals surface area contributed by atoms with E-state index in [1.807, 2.05) is 12.1 Å². The standard InChI is InChI=1S/C15H16ClFN2O/c1-9-3-4-10(7-13(9)17)15(19-18)12-6-5-11(16)8-14(12)20-2/h3-8,15,19H,18H2,1-2H3. The zero-order valence-electron chi connectivity index (χ0n) is 11.3. The van der Waals surface area contributed by atoms with E-state index in [0.29, 0.717) is 16.3 Å². The Hall–Kier alpha value is -1.62. The van der Waals surface area contributed by atoms with E-state index in [1.54, 1.807) is 32.2 Å². The maximum absolute atomic E-state index is 13.7. The third-order valence-corrected chi connectivity index (χ3v) is 3.44. The van der Waals surface area contributed by atoms with Gasteiger partial charge in [0.1, 0.15) is 11.6 Å². The molecule has 0 heterocycles. The van der Waals surface area contributed by atoms with E-state index in [0.717, 1.165) is 11.1 Å². The number of nitrogens with one attached hydrogen (secondary N) is 1. The van der Waals surface area contributed by atoms with Gasteiger partial charge in [-0.2, -0.15) is 0 Å². The summed E-state index contributed by atoms with van der Waals surface area (Å²) < 4.78 is 19.0. The van der Waals surface area contributed by atoms with E-state index in [1.165, 1.54) is 6.07 Å². The van der Waals surface area contributed by atoms with Crippen LogP contribution >= 0.6 is 11.6 Å². The fraction of sp³-hybridized carbons (Fsp3) is 0.200. The zero-order valence-corrected chi connectivity index (χ0v) is 12.0. The molecule has 0 amide bonds. The van der Waals surface area contributed by atoms with Crippen molar-refractivity contribution in [1.29, 1.82) is 0 Å². The summed E-state index contributed by atoms with van der Waals surface area (Å²) in [5.74, 6) is 5.96. The van der Waals surface area contributed by atoms with Gasteiger partial charge in [0.2, 0.25) is 0 Å². The average molecular weight is 295 g/mol. The van der Waals surface area contributed by atoms with Gasteiger partial charge in [0.25, 0.3) is 0 Å². The van der Waals surface area contributed by atoms with Crippen molar-refractivity contribution in [2.45, 2.75) is 13.0 Å². The van der Waals surface area contributed by atoms with Crippen LogP contribution in [-0.2, 0) is 0 Å². The SMILES string of the molecule is COc1cc(Cl)ccc1C(NN)c1ccc(C)c(F)c1. The molecule has 0 fully saturated rings. The molecule has 0 bridgehead atoms. The number of hydrogen-bond acceptors (Lipinski definition) is 3. The highest BCUT2D eigenvalue weighted by Gasteiger charge is 2.18. The molecule has 0 spiro atoms. The molecule has 0 saturated heterocycles. The lowest BCUT2D eigenvalue weighted by Crippen LogP contribution is -2.29. The molecule has 2 aromatic carbocycles. The van der Waals surface area contributed by atoms with Crippen LogP contribution in [0, 0.1) is 12.7 Å². The lowest BCUT2D eigenvalue weighted by atomic mass is 9.97. The zero-order chi connectivity index (χ0) is 14.7. The van der Waals surface area contributed by atoms with Gasteiger partial charge in [0.15, 0.2) is 0 Å². The highest BCUT2D eigenvalue weighted by molar-refractivity contribution is 6.30. The molecule has 2 rings (SSSR count). The monoisotopic (exact) mass is 294 g/mol. The number of halogens is 2. The van der Waals surface area contributed by atoms with Gasteiger partial charge in [-0.3, -0.25) is 5.84 Å². The number of nitrogens with two attached hydrogens (primary N) is 1. The lowest BCUT2D eigenvalue weighted by molar-refractivity contribution is 0.404. The number of hydrazine groups is 1. The van der Waals surface area contributed by atoms with E-state index in [9.17, 15) is 4.39 Å². The highest BCUT2D eigenvalue weighted by atomic mass is 35.5. The van der Waals surface area contributed by atoms with Crippen molar-refractivity contribution in [2.24, 2.45) is 5.84 Å². The van der Waals surface area contributed by atoms with Crippen LogP contribution in [0.2, 0.25) is 5.02 Å². The molecule has 106 valence electrons. The third kappa shape index (κ3) is 2.93. The third-order valence-electron chi connectivity index (χ3n) is 3.20. The van der Waals surface area contributed by atoms with E-state index >= 15 is 0 Å². The molecule has 5 heteroatoms. The topological polar surface area (TPSA) is 47.3 Å². The first-order valence-corrected chi connectivity index (χ1v) is 6.50. The smallest absolute Gasteiger partial charge is 0.126 e. The van der Waals surface area contributed by atoms with Gasteiger partial charge < -0.3 is 4.74 Å². The number of benzene rings is 2. The predicted molar refractivity (Wildman–Crippen MR) is 78.3 cm³/mol. The van der Waals surface area contributed by atoms with Crippen LogP contribution in [0.1, 0.15) is 22.7 Å². The van der Waals surface area contributed by atoms with Crippen LogP contribution in [-0.4, -0.2) is 7.11 Å². The van der Waals surface area contributed by atoms with Crippen molar-refractivity contribution in [3.8, 4) is 5.75 Å². The number of methoxy groups -OCH3 is 1. The first-order valence-electron chi connectivity index (χ1n) is 6.12. The Balaban J connectivity index is 2.49. The van der Waals surface area contributed by atoms with Gasteiger partial charge in [-0.15, -0.1) is 0 Å². The van der Waals surface area contributed by atoms with Crippen molar-refractivity contribution >= 4 is 11.6 Å². The Kier molecular flexibility index (Phi) is 4.60. The second-order valence-electron chi connectivity index (χ2n) is 4.49. The molecule has 1 unspecified atom stereocenters. The molecule has 3 N–H and O–H groups in total. The molecule has 0 saturated carbocycles. The van der Waals surface area contributed by atoms with Crippen LogP contribution in [0.3, 0.4) is 0 Å². The molecule has 20 heavy (non-hydrogen) atoms. The molecule has 0 radical (unpaired) electrons. The Labute approximate surface area is 122 Å². The van der Waals surface area contributed by atoms with Gasteiger partial charge in [-0.1, -0.05) is 29.8 Å². The average Bonchev–Trinajstić information content (AvgIpc) is 2.44. The maximum atomic E-state index is 13.7. The molecule has 0 aromatic heterocycles. The minimum absolute atomic E-state index is 0.268. The van der Waals surface area contributed by atoms with Crippen LogP contribution in [0.25, 0.3) is 0 Å². The van der Waals surface area contributed by atoms with Crippen molar-refractivity contribution in [3.63, 3.8) is 0 Å². The number of rotatable bonds is 4. The van der Waals surface area contributed by atoms with E-state index in [-0.39, 0.29) is 11.9 Å². The largest absolute Gasteiger partial charge is 0.496 e. The summed E-state index contributed by atoms with van der Waals surface area (Å²) in [7, 11) is 1.55. The summed E-state index contributed by atoms with van der Waals surface area (Å²) in [6.07, 6.45) is 0. The van der Waals surface area contributed by atoms with Gasteiger partial charge in [0, 0.05) is 10.6 Å². The first-order chi connectivity index (χ1) is 9.56. The van der Waals surface area contributed by atoms with Crippen LogP contribution in [0.5, 0.6) is 5.75 Å². The Morgan fingerprint density at radius 1 is 1.25 bits per heavy atom. The molecule has 1 atom stereocenters. The molecule has 3 nitrogen and oxygen atoms in total. The van der Waals surface area contributed by atoms with Crippen molar-refractivity contribution < 1.29 is 9.13 Å². The van der Waals surface area contributed by atoms with Gasteiger partial charge >= 0.3 is 0 Å². The summed E-state index contributed by atoms with van der Waals surface area (Å²) in [4.78, 5) is 0. The van der Waals surface area contributed by atoms with Gasteiger partial charge in [-0.05, 0) is 36.2 Å². The molecular weight excluding hydrogens is 279 g/mol. The fourth-order valence-electron chi connectivity index (χ4n) is 2.08. The molecule has 0 aliphatic heterocycles. The Morgan fingerprint density at radius 3 is 2.60 bits per heavy atom. The van der Waals surface area contributed by atoms with E-state index in [2.05, 4.69) is 5.43 Å². The maximum Gasteiger partial charge on any atom is 0.126 e. The first kappa shape index (κ1) is 14.8. The lowest BCUT2D eigenvalue weighted by Gasteiger charge is -2.20. The van der Waals surface area contributed by atoms with E-state index < -0.39 is 0 Å². The second kappa shape index (κ2) is 6.22. The minimum Gasteiger partial charge on any atom is -0.496 e. The van der Waals surface area contributed by atoms with Crippen molar-refractivity contribution in [3.05, 3.63) is 63.9 Å². The van der Waals surface area contributed by atoms with Crippen LogP contribution in [0.15, 0.2) is 36.4 Å². The fourth-order valence-corrected chi connectivity index (χ4v) is 2.24. The normalized spacial score (nSPS) is 12.2. The second-order valence-corrected chi connectivity index (χ2v) is 4.93. The summed E-state index contributed by atoms with van der Waals surface area (Å²) in [6, 6.07) is 9.89. The number of aryl methyl sites for hydroxylation is 1. The van der Waals surface area contributed by atoms with Crippen molar-refractivity contribution in [2.75, 3.05) is 7.11 Å². The minimum atomic E-state index is -0.377. The quantitative estimate of drug-likeness (QED) is 0.671. The predicted octanol–water partition coefficient (Wildman–Crippen LogP) is 3.35. The number of hydrogen-bond donors (Lipinski definition) is 2. The number of ether oxygens (including phenoxy) is 1.